The predicted molar refractivity (Wildman–Crippen MR) is 400 cm³/mol. The number of hydrogen-bond acceptors (Lipinski definition) is 15. The Balaban J connectivity index is 5.32. The molecule has 98 heavy (non-hydrogen) atoms. The Morgan fingerprint density at radius 3 is 0.776 bits per heavy atom. The second kappa shape index (κ2) is 72.4. The molecule has 0 bridgehead atoms. The molecule has 0 saturated carbocycles. The highest BCUT2D eigenvalue weighted by atomic mass is 31.2. The van der Waals surface area contributed by atoms with Gasteiger partial charge in [0.15, 0.2) is 12.2 Å². The van der Waals surface area contributed by atoms with Gasteiger partial charge in [0.05, 0.1) is 26.4 Å². The minimum Gasteiger partial charge on any atom is -0.462 e. The minimum absolute atomic E-state index is 0.0853. The number of carbonyl (C=O) groups is 4. The fourth-order valence-electron chi connectivity index (χ4n) is 11.2. The van der Waals surface area contributed by atoms with Gasteiger partial charge in [-0.2, -0.15) is 0 Å². The summed E-state index contributed by atoms with van der Waals surface area (Å²) in [6.07, 6.45) is 69.4. The Labute approximate surface area is 597 Å². The van der Waals surface area contributed by atoms with Crippen LogP contribution in [0.2, 0.25) is 0 Å². The van der Waals surface area contributed by atoms with E-state index in [9.17, 15) is 43.2 Å². The molecule has 0 amide bonds. The van der Waals surface area contributed by atoms with Crippen LogP contribution in [-0.2, 0) is 65.4 Å². The molecule has 19 heteroatoms. The van der Waals surface area contributed by atoms with E-state index < -0.39 is 97.5 Å². The van der Waals surface area contributed by atoms with Gasteiger partial charge in [-0.05, 0) is 89.9 Å². The molecule has 0 radical (unpaired) electrons. The summed E-state index contributed by atoms with van der Waals surface area (Å²) in [7, 11) is -9.94. The lowest BCUT2D eigenvalue weighted by Crippen LogP contribution is -2.30. The van der Waals surface area contributed by atoms with Gasteiger partial charge in [0.25, 0.3) is 0 Å². The first-order chi connectivity index (χ1) is 47.7. The molecule has 0 aromatic rings. The van der Waals surface area contributed by atoms with Gasteiger partial charge in [-0.15, -0.1) is 0 Å². The van der Waals surface area contributed by atoms with E-state index in [1.807, 2.05) is 0 Å². The molecule has 17 nitrogen and oxygen atoms in total. The van der Waals surface area contributed by atoms with Crippen molar-refractivity contribution >= 4 is 39.5 Å². The van der Waals surface area contributed by atoms with Gasteiger partial charge in [0, 0.05) is 25.7 Å². The Kier molecular flexibility index (Phi) is 70.2. The van der Waals surface area contributed by atoms with Gasteiger partial charge in [-0.3, -0.25) is 37.3 Å². The van der Waals surface area contributed by atoms with Crippen LogP contribution in [0.4, 0.5) is 0 Å². The summed E-state index contributed by atoms with van der Waals surface area (Å²) < 4.78 is 68.6. The van der Waals surface area contributed by atoms with E-state index in [4.69, 9.17) is 37.0 Å². The molecular formula is C79H146O17P2. The number of hydrogen-bond donors (Lipinski definition) is 3. The third-order valence-electron chi connectivity index (χ3n) is 17.3. The Morgan fingerprint density at radius 2 is 0.500 bits per heavy atom. The summed E-state index contributed by atoms with van der Waals surface area (Å²) in [5, 5.41) is 10.6. The van der Waals surface area contributed by atoms with Gasteiger partial charge in [-0.25, -0.2) is 9.13 Å². The zero-order chi connectivity index (χ0) is 71.8. The summed E-state index contributed by atoms with van der Waals surface area (Å²) in [5.74, 6) is -2.16. The number of phosphoric acid groups is 2. The quantitative estimate of drug-likeness (QED) is 0.0169. The molecule has 0 aromatic heterocycles. The summed E-state index contributed by atoms with van der Waals surface area (Å²) >= 11 is 0. The number of unbranched alkanes of at least 4 members (excludes halogenated alkanes) is 42. The highest BCUT2D eigenvalue weighted by molar-refractivity contribution is 7.47. The predicted octanol–water partition coefficient (Wildman–Crippen LogP) is 22.9. The van der Waals surface area contributed by atoms with Gasteiger partial charge in [0.2, 0.25) is 0 Å². The molecule has 0 aromatic carbocycles. The molecule has 2 unspecified atom stereocenters. The van der Waals surface area contributed by atoms with E-state index in [2.05, 4.69) is 76.3 Å². The monoisotopic (exact) mass is 1430 g/mol. The van der Waals surface area contributed by atoms with Crippen molar-refractivity contribution in [1.29, 1.82) is 0 Å². The topological polar surface area (TPSA) is 237 Å². The smallest absolute Gasteiger partial charge is 0.462 e. The number of aliphatic hydroxyl groups excluding tert-OH is 1. The molecule has 574 valence electrons. The van der Waals surface area contributed by atoms with Crippen molar-refractivity contribution in [3.63, 3.8) is 0 Å². The van der Waals surface area contributed by atoms with Crippen LogP contribution in [0.5, 0.6) is 0 Å². The number of allylic oxidation sites excluding steroid dienone is 8. The van der Waals surface area contributed by atoms with Crippen LogP contribution >= 0.6 is 15.6 Å². The number of carbonyl (C=O) groups excluding carboxylic acids is 4. The van der Waals surface area contributed by atoms with Crippen LogP contribution in [0.25, 0.3) is 0 Å². The minimum atomic E-state index is -4.97. The SMILES string of the molecule is CCCCC/C=C\C/C=C\CCCCCCCC(=O)OC[C@H](COP(=O)(O)OC[C@H](O)COP(=O)(O)OC[C@@H](COC(=O)CCCCCCCCCCCCCCCCC)OC(=O)CCCCCCC/C=C\C/C=C\CCCCC)OC(=O)CCCCCCCCCCCCCCC. The van der Waals surface area contributed by atoms with E-state index >= 15 is 0 Å². The lowest BCUT2D eigenvalue weighted by atomic mass is 10.0. The standard InChI is InChI=1S/C79H146O17P2/c1-5-9-13-17-21-25-29-33-36-40-43-47-51-55-59-63-76(81)89-69-74(95-78(83)65-61-57-53-49-45-39-32-28-24-20-16-12-8-4)71-93-97(85,86)91-67-73(80)68-92-98(87,88)94-72-75(96-79(84)66-62-58-54-50-46-42-38-35-31-27-23-19-15-11-7-3)70-90-77(82)64-60-56-52-48-44-41-37-34-30-26-22-18-14-10-6-2/h21,23,25,27,33,35-36,38,73-75,80H,5-20,22,24,26,28-32,34,37,39-72H2,1-4H3,(H,85,86)(H,87,88)/b25-21-,27-23-,36-33-,38-35-/t73-,74+,75+/m0/s1. The second-order valence-corrected chi connectivity index (χ2v) is 29.9. The Bertz CT molecular complexity index is 2050. The molecular weight excluding hydrogens is 1280 g/mol. The van der Waals surface area contributed by atoms with Crippen LogP contribution in [0.15, 0.2) is 48.6 Å². The van der Waals surface area contributed by atoms with Crippen molar-refractivity contribution in [3.05, 3.63) is 48.6 Å². The van der Waals surface area contributed by atoms with Crippen LogP contribution in [0, 0.1) is 0 Å². The highest BCUT2D eigenvalue weighted by Gasteiger charge is 2.30. The maximum Gasteiger partial charge on any atom is 0.472 e. The van der Waals surface area contributed by atoms with E-state index in [0.29, 0.717) is 25.7 Å². The first-order valence-corrected chi connectivity index (χ1v) is 42.9. The first kappa shape index (κ1) is 95.0. The van der Waals surface area contributed by atoms with E-state index in [1.54, 1.807) is 0 Å². The molecule has 0 fully saturated rings. The fourth-order valence-corrected chi connectivity index (χ4v) is 12.7. The van der Waals surface area contributed by atoms with Gasteiger partial charge in [-0.1, -0.05) is 307 Å². The zero-order valence-corrected chi connectivity index (χ0v) is 64.5. The van der Waals surface area contributed by atoms with E-state index in [0.717, 1.165) is 135 Å². The van der Waals surface area contributed by atoms with Crippen LogP contribution < -0.4 is 0 Å². The molecule has 0 rings (SSSR count). The average Bonchev–Trinajstić information content (AvgIpc) is 0.959. The highest BCUT2D eigenvalue weighted by Crippen LogP contribution is 2.45. The van der Waals surface area contributed by atoms with Gasteiger partial charge >= 0.3 is 39.5 Å². The fraction of sp³-hybridized carbons (Fsp3) is 0.848. The van der Waals surface area contributed by atoms with Crippen LogP contribution in [0.3, 0.4) is 0 Å². The number of esters is 4. The average molecular weight is 1430 g/mol. The lowest BCUT2D eigenvalue weighted by Gasteiger charge is -2.21. The molecule has 0 aliphatic heterocycles. The molecule has 3 N–H and O–H groups in total. The largest absolute Gasteiger partial charge is 0.472 e. The third-order valence-corrected chi connectivity index (χ3v) is 19.2. The Morgan fingerprint density at radius 1 is 0.286 bits per heavy atom. The summed E-state index contributed by atoms with van der Waals surface area (Å²) in [5.41, 5.74) is 0. The van der Waals surface area contributed by atoms with Crippen molar-refractivity contribution < 1.29 is 80.2 Å². The van der Waals surface area contributed by atoms with Crippen LogP contribution in [0.1, 0.15) is 374 Å². The normalized spacial score (nSPS) is 14.2. The van der Waals surface area contributed by atoms with Crippen molar-refractivity contribution in [1.82, 2.24) is 0 Å². The zero-order valence-electron chi connectivity index (χ0n) is 62.7. The molecule has 5 atom stereocenters. The van der Waals surface area contributed by atoms with E-state index in [1.165, 1.54) is 161 Å². The molecule has 0 saturated heterocycles. The molecule has 0 spiro atoms. The summed E-state index contributed by atoms with van der Waals surface area (Å²) in [4.78, 5) is 72.9. The Hall–Kier alpha value is -2.98. The van der Waals surface area contributed by atoms with Crippen molar-refractivity contribution in [3.8, 4) is 0 Å². The van der Waals surface area contributed by atoms with Gasteiger partial charge < -0.3 is 33.8 Å². The van der Waals surface area contributed by atoms with E-state index in [-0.39, 0.29) is 25.7 Å². The number of ether oxygens (including phenoxy) is 4. The number of rotatable bonds is 76. The lowest BCUT2D eigenvalue weighted by molar-refractivity contribution is -0.161. The summed E-state index contributed by atoms with van der Waals surface area (Å²) in [6.45, 7) is 4.87. The number of phosphoric ester groups is 2. The summed E-state index contributed by atoms with van der Waals surface area (Å²) in [6, 6.07) is 0. The molecule has 0 heterocycles. The van der Waals surface area contributed by atoms with Crippen molar-refractivity contribution in [2.24, 2.45) is 0 Å². The maximum absolute atomic E-state index is 13.1. The third kappa shape index (κ3) is 71.4. The second-order valence-electron chi connectivity index (χ2n) is 27.0. The van der Waals surface area contributed by atoms with Crippen LogP contribution in [-0.4, -0.2) is 96.7 Å². The molecule has 0 aliphatic rings. The van der Waals surface area contributed by atoms with Crippen molar-refractivity contribution in [2.75, 3.05) is 39.6 Å². The maximum atomic E-state index is 13.1. The first-order valence-electron chi connectivity index (χ1n) is 39.9. The number of aliphatic hydroxyl groups is 1. The van der Waals surface area contributed by atoms with Gasteiger partial charge in [0.1, 0.15) is 19.3 Å². The molecule has 0 aliphatic carbocycles. The van der Waals surface area contributed by atoms with Crippen molar-refractivity contribution in [2.45, 2.75) is 393 Å².